The Hall–Kier alpha value is -1.65. The lowest BCUT2D eigenvalue weighted by atomic mass is 9.55. The number of rotatable bonds is 2. The van der Waals surface area contributed by atoms with Crippen LogP contribution in [-0.4, -0.2) is 17.8 Å². The summed E-state index contributed by atoms with van der Waals surface area (Å²) in [6.45, 7) is 2.25. The zero-order chi connectivity index (χ0) is 18.5. The molecule has 2 aromatic carbocycles. The minimum Gasteiger partial charge on any atom is -0.490 e. The molecule has 4 rings (SSSR count). The number of aliphatic hydroxyl groups excluding tert-OH is 1. The molecule has 0 saturated heterocycles. The highest BCUT2D eigenvalue weighted by Crippen LogP contribution is 2.55. The van der Waals surface area contributed by atoms with Crippen molar-refractivity contribution in [3.63, 3.8) is 0 Å². The number of hydrogen-bond donors (Lipinski definition) is 1. The molecular formula is C21H21ClF2O2. The maximum Gasteiger partial charge on any atom is 0.165 e. The molecule has 26 heavy (non-hydrogen) atoms. The van der Waals surface area contributed by atoms with Gasteiger partial charge in [0.2, 0.25) is 0 Å². The number of ether oxygens (including phenoxy) is 1. The molecule has 1 saturated carbocycles. The molecule has 5 heteroatoms. The fourth-order valence-electron chi connectivity index (χ4n) is 4.83. The quantitative estimate of drug-likeness (QED) is 0.805. The Balaban J connectivity index is 1.88. The molecular weight excluding hydrogens is 358 g/mol. The smallest absolute Gasteiger partial charge is 0.165 e. The van der Waals surface area contributed by atoms with E-state index in [1.165, 1.54) is 6.07 Å². The Labute approximate surface area is 156 Å². The van der Waals surface area contributed by atoms with E-state index in [1.54, 1.807) is 0 Å². The summed E-state index contributed by atoms with van der Waals surface area (Å²) < 4.78 is 35.0. The van der Waals surface area contributed by atoms with Crippen molar-refractivity contribution in [1.82, 2.24) is 0 Å². The zero-order valence-electron chi connectivity index (χ0n) is 14.5. The first-order valence-electron chi connectivity index (χ1n) is 8.96. The SMILES string of the molecule is C[C@@H]1[C@H](O)CC[C@@]2(Cc3ccc(Cl)cc3)c3c(F)ccc(F)c3OC[C@@H]12. The van der Waals surface area contributed by atoms with Gasteiger partial charge in [-0.1, -0.05) is 30.7 Å². The van der Waals surface area contributed by atoms with Crippen LogP contribution < -0.4 is 4.74 Å². The first-order chi connectivity index (χ1) is 12.4. The van der Waals surface area contributed by atoms with Gasteiger partial charge in [-0.05, 0) is 55.0 Å². The maximum absolute atomic E-state index is 14.9. The van der Waals surface area contributed by atoms with E-state index in [0.29, 0.717) is 29.8 Å². The first-order valence-corrected chi connectivity index (χ1v) is 9.34. The molecule has 2 aromatic rings. The third-order valence-corrected chi connectivity index (χ3v) is 6.49. The predicted octanol–water partition coefficient (Wildman–Crippen LogP) is 4.90. The van der Waals surface area contributed by atoms with Gasteiger partial charge in [-0.25, -0.2) is 8.78 Å². The second kappa shape index (κ2) is 6.50. The summed E-state index contributed by atoms with van der Waals surface area (Å²) >= 11 is 6.00. The van der Waals surface area contributed by atoms with Gasteiger partial charge in [0, 0.05) is 21.9 Å². The van der Waals surface area contributed by atoms with E-state index >= 15 is 0 Å². The Bertz CT molecular complexity index is 824. The predicted molar refractivity (Wildman–Crippen MR) is 96.6 cm³/mol. The summed E-state index contributed by atoms with van der Waals surface area (Å²) in [6.07, 6.45) is 1.24. The molecule has 1 fully saturated rings. The second-order valence-corrected chi connectivity index (χ2v) is 8.01. The number of aliphatic hydroxyl groups is 1. The van der Waals surface area contributed by atoms with Crippen LogP contribution in [0, 0.1) is 23.5 Å². The first kappa shape index (κ1) is 17.7. The Kier molecular flexibility index (Phi) is 4.44. The van der Waals surface area contributed by atoms with Crippen molar-refractivity contribution in [2.45, 2.75) is 37.7 Å². The summed E-state index contributed by atoms with van der Waals surface area (Å²) in [5.74, 6) is -1.10. The maximum atomic E-state index is 14.9. The molecule has 1 aliphatic carbocycles. The number of halogens is 3. The van der Waals surface area contributed by atoms with Crippen molar-refractivity contribution in [3.05, 3.63) is 64.2 Å². The topological polar surface area (TPSA) is 29.5 Å². The van der Waals surface area contributed by atoms with Gasteiger partial charge < -0.3 is 9.84 Å². The van der Waals surface area contributed by atoms with E-state index in [4.69, 9.17) is 16.3 Å². The van der Waals surface area contributed by atoms with Gasteiger partial charge in [0.25, 0.3) is 0 Å². The number of benzene rings is 2. The second-order valence-electron chi connectivity index (χ2n) is 7.58. The lowest BCUT2D eigenvalue weighted by molar-refractivity contribution is -0.0385. The summed E-state index contributed by atoms with van der Waals surface area (Å²) in [6, 6.07) is 9.77. The van der Waals surface area contributed by atoms with Gasteiger partial charge in [-0.2, -0.15) is 0 Å². The summed E-state index contributed by atoms with van der Waals surface area (Å²) in [5.41, 5.74) is 0.730. The van der Waals surface area contributed by atoms with Crippen LogP contribution in [-0.2, 0) is 11.8 Å². The largest absolute Gasteiger partial charge is 0.490 e. The molecule has 1 aliphatic heterocycles. The van der Waals surface area contributed by atoms with Crippen LogP contribution in [0.15, 0.2) is 36.4 Å². The third-order valence-electron chi connectivity index (χ3n) is 6.23. The Morgan fingerprint density at radius 1 is 1.15 bits per heavy atom. The average Bonchev–Trinajstić information content (AvgIpc) is 2.63. The van der Waals surface area contributed by atoms with Crippen molar-refractivity contribution in [3.8, 4) is 5.75 Å². The fourth-order valence-corrected chi connectivity index (χ4v) is 4.96. The van der Waals surface area contributed by atoms with Crippen LogP contribution in [0.1, 0.15) is 30.9 Å². The van der Waals surface area contributed by atoms with E-state index in [1.807, 2.05) is 31.2 Å². The highest BCUT2D eigenvalue weighted by molar-refractivity contribution is 6.30. The highest BCUT2D eigenvalue weighted by Gasteiger charge is 2.53. The van der Waals surface area contributed by atoms with E-state index in [-0.39, 0.29) is 24.2 Å². The van der Waals surface area contributed by atoms with E-state index in [2.05, 4.69) is 0 Å². The Morgan fingerprint density at radius 3 is 2.58 bits per heavy atom. The van der Waals surface area contributed by atoms with Crippen LogP contribution in [0.3, 0.4) is 0 Å². The Morgan fingerprint density at radius 2 is 1.85 bits per heavy atom. The van der Waals surface area contributed by atoms with Crippen molar-refractivity contribution in [1.29, 1.82) is 0 Å². The van der Waals surface area contributed by atoms with Gasteiger partial charge >= 0.3 is 0 Å². The van der Waals surface area contributed by atoms with Gasteiger partial charge in [0.15, 0.2) is 11.6 Å². The molecule has 138 valence electrons. The standard InChI is InChI=1S/C21H21ClF2O2/c1-12-15-11-26-20-17(24)7-6-16(23)19(20)21(15,9-8-18(12)25)10-13-2-4-14(22)5-3-13/h2-7,12,15,18,25H,8-11H2,1H3/t12-,15-,18+,21-/m0/s1. The molecule has 1 N–H and O–H groups in total. The molecule has 0 radical (unpaired) electrons. The minimum absolute atomic E-state index is 0.0267. The lowest BCUT2D eigenvalue weighted by Gasteiger charge is -2.52. The zero-order valence-corrected chi connectivity index (χ0v) is 15.3. The van der Waals surface area contributed by atoms with Crippen LogP contribution in [0.25, 0.3) is 0 Å². The lowest BCUT2D eigenvalue weighted by Crippen LogP contribution is -2.53. The number of hydrogen-bond acceptors (Lipinski definition) is 2. The number of fused-ring (bicyclic) bond motifs is 3. The molecule has 2 aliphatic rings. The minimum atomic E-state index is -0.605. The fraction of sp³-hybridized carbons (Fsp3) is 0.429. The van der Waals surface area contributed by atoms with Crippen LogP contribution in [0.4, 0.5) is 8.78 Å². The van der Waals surface area contributed by atoms with E-state index in [0.717, 1.165) is 11.6 Å². The molecule has 4 atom stereocenters. The molecule has 1 heterocycles. The van der Waals surface area contributed by atoms with E-state index < -0.39 is 23.2 Å². The molecule has 0 unspecified atom stereocenters. The van der Waals surface area contributed by atoms with Crippen LogP contribution >= 0.6 is 11.6 Å². The van der Waals surface area contributed by atoms with Crippen molar-refractivity contribution in [2.75, 3.05) is 6.61 Å². The van der Waals surface area contributed by atoms with Gasteiger partial charge in [-0.3, -0.25) is 0 Å². The molecule has 0 spiro atoms. The molecule has 0 aromatic heterocycles. The van der Waals surface area contributed by atoms with Crippen molar-refractivity contribution < 1.29 is 18.6 Å². The van der Waals surface area contributed by atoms with Gasteiger partial charge in [0.05, 0.1) is 12.7 Å². The molecule has 2 nitrogen and oxygen atoms in total. The highest BCUT2D eigenvalue weighted by atomic mass is 35.5. The van der Waals surface area contributed by atoms with Crippen molar-refractivity contribution in [2.24, 2.45) is 11.8 Å². The van der Waals surface area contributed by atoms with Gasteiger partial charge in [0.1, 0.15) is 5.82 Å². The summed E-state index contributed by atoms with van der Waals surface area (Å²) in [7, 11) is 0. The summed E-state index contributed by atoms with van der Waals surface area (Å²) in [4.78, 5) is 0. The monoisotopic (exact) mass is 378 g/mol. The van der Waals surface area contributed by atoms with Gasteiger partial charge in [-0.15, -0.1) is 0 Å². The van der Waals surface area contributed by atoms with Crippen molar-refractivity contribution >= 4 is 11.6 Å². The normalized spacial score (nSPS) is 30.3. The van der Waals surface area contributed by atoms with Crippen LogP contribution in [0.5, 0.6) is 5.75 Å². The summed E-state index contributed by atoms with van der Waals surface area (Å²) in [5, 5.41) is 11.0. The average molecular weight is 379 g/mol. The molecule has 0 amide bonds. The third kappa shape index (κ3) is 2.71. The van der Waals surface area contributed by atoms with Crippen LogP contribution in [0.2, 0.25) is 5.02 Å². The molecule has 0 bridgehead atoms. The van der Waals surface area contributed by atoms with E-state index in [9.17, 15) is 13.9 Å².